The van der Waals surface area contributed by atoms with Crippen molar-refractivity contribution in [3.63, 3.8) is 0 Å². The lowest BCUT2D eigenvalue weighted by Crippen LogP contribution is -2.49. The highest BCUT2D eigenvalue weighted by molar-refractivity contribution is 5.95. The third-order valence-electron chi connectivity index (χ3n) is 3.77. The number of urea groups is 1. The number of hydrogen-bond acceptors (Lipinski definition) is 3. The third-order valence-corrected chi connectivity index (χ3v) is 3.77. The summed E-state index contributed by atoms with van der Waals surface area (Å²) in [5.41, 5.74) is 0.977. The summed E-state index contributed by atoms with van der Waals surface area (Å²) in [6, 6.07) is 4.86. The van der Waals surface area contributed by atoms with Crippen LogP contribution in [-0.4, -0.2) is 30.6 Å². The minimum atomic E-state index is -0.862. The van der Waals surface area contributed by atoms with Gasteiger partial charge in [0.15, 0.2) is 0 Å². The molecule has 5 nitrogen and oxygen atoms in total. The van der Waals surface area contributed by atoms with Gasteiger partial charge in [0.2, 0.25) is 0 Å². The van der Waals surface area contributed by atoms with E-state index in [1.165, 1.54) is 18.1 Å². The molecule has 0 fully saturated rings. The summed E-state index contributed by atoms with van der Waals surface area (Å²) in [6.07, 6.45) is 0. The average Bonchev–Trinajstić information content (AvgIpc) is 2.50. The number of carbonyl (C=O) groups excluding carboxylic acids is 2. The van der Waals surface area contributed by atoms with E-state index in [1.807, 2.05) is 13.8 Å². The topological polar surface area (TPSA) is 58.6 Å². The molecule has 1 atom stereocenters. The summed E-state index contributed by atoms with van der Waals surface area (Å²) in [5.74, 6) is -0.839. The fourth-order valence-corrected chi connectivity index (χ4v) is 2.68. The van der Waals surface area contributed by atoms with Crippen LogP contribution in [0.4, 0.5) is 9.18 Å². The van der Waals surface area contributed by atoms with Crippen LogP contribution in [0, 0.1) is 11.7 Å². The molecule has 1 aromatic carbocycles. The monoisotopic (exact) mass is 320 g/mol. The van der Waals surface area contributed by atoms with Crippen molar-refractivity contribution < 1.29 is 18.7 Å². The predicted molar refractivity (Wildman–Crippen MR) is 83.9 cm³/mol. The van der Waals surface area contributed by atoms with Crippen molar-refractivity contribution in [2.45, 2.75) is 26.8 Å². The third kappa shape index (κ3) is 3.36. The molecule has 124 valence electrons. The van der Waals surface area contributed by atoms with Crippen LogP contribution < -0.4 is 5.32 Å². The second-order valence-electron chi connectivity index (χ2n) is 5.90. The Labute approximate surface area is 135 Å². The maximum absolute atomic E-state index is 14.1. The molecule has 0 aliphatic carbocycles. The number of esters is 1. The van der Waals surface area contributed by atoms with E-state index in [0.717, 1.165) is 0 Å². The number of rotatable bonds is 4. The van der Waals surface area contributed by atoms with Crippen LogP contribution >= 0.6 is 0 Å². The quantitative estimate of drug-likeness (QED) is 0.868. The Hall–Kier alpha value is -2.37. The first kappa shape index (κ1) is 17.0. The second kappa shape index (κ2) is 6.81. The molecule has 1 aliphatic heterocycles. The molecule has 0 bridgehead atoms. The van der Waals surface area contributed by atoms with Crippen molar-refractivity contribution in [3.05, 3.63) is 46.9 Å². The van der Waals surface area contributed by atoms with Crippen molar-refractivity contribution in [2.75, 3.05) is 13.7 Å². The predicted octanol–water partition coefficient (Wildman–Crippen LogP) is 3.00. The summed E-state index contributed by atoms with van der Waals surface area (Å²) in [5, 5.41) is 2.71. The number of allylic oxidation sites excluding steroid dienone is 1. The molecule has 2 rings (SSSR count). The molecule has 2 amide bonds. The van der Waals surface area contributed by atoms with Crippen LogP contribution in [0.25, 0.3) is 0 Å². The Morgan fingerprint density at radius 1 is 1.39 bits per heavy atom. The van der Waals surface area contributed by atoms with Gasteiger partial charge in [-0.25, -0.2) is 14.0 Å². The molecule has 0 saturated carbocycles. The fraction of sp³-hybridized carbons (Fsp3) is 0.412. The highest BCUT2D eigenvalue weighted by Gasteiger charge is 2.37. The number of ether oxygens (including phenoxy) is 1. The van der Waals surface area contributed by atoms with Crippen molar-refractivity contribution in [1.82, 2.24) is 10.2 Å². The second-order valence-corrected chi connectivity index (χ2v) is 5.90. The molecule has 1 aromatic rings. The molecule has 0 radical (unpaired) electrons. The molecular weight excluding hydrogens is 299 g/mol. The van der Waals surface area contributed by atoms with Gasteiger partial charge in [0.1, 0.15) is 5.82 Å². The number of methoxy groups -OCH3 is 1. The zero-order chi connectivity index (χ0) is 17.1. The molecule has 1 aliphatic rings. The van der Waals surface area contributed by atoms with Gasteiger partial charge in [-0.1, -0.05) is 32.0 Å². The Morgan fingerprint density at radius 3 is 2.61 bits per heavy atom. The lowest BCUT2D eigenvalue weighted by molar-refractivity contribution is -0.136. The zero-order valence-electron chi connectivity index (χ0n) is 13.7. The smallest absolute Gasteiger partial charge is 0.337 e. The van der Waals surface area contributed by atoms with E-state index in [1.54, 1.807) is 25.1 Å². The van der Waals surface area contributed by atoms with E-state index in [2.05, 4.69) is 5.32 Å². The number of carbonyl (C=O) groups is 2. The Kier molecular flexibility index (Phi) is 5.03. The van der Waals surface area contributed by atoms with Gasteiger partial charge in [0.05, 0.1) is 18.7 Å². The first-order chi connectivity index (χ1) is 10.9. The molecule has 1 unspecified atom stereocenters. The highest BCUT2D eigenvalue weighted by atomic mass is 19.1. The van der Waals surface area contributed by atoms with Crippen LogP contribution in [0.3, 0.4) is 0 Å². The van der Waals surface area contributed by atoms with Gasteiger partial charge in [0.25, 0.3) is 0 Å². The van der Waals surface area contributed by atoms with E-state index in [4.69, 9.17) is 4.74 Å². The average molecular weight is 320 g/mol. The van der Waals surface area contributed by atoms with Gasteiger partial charge in [-0.2, -0.15) is 0 Å². The number of nitrogens with zero attached hydrogens (tertiary/aromatic N) is 1. The summed E-state index contributed by atoms with van der Waals surface area (Å²) in [7, 11) is 1.27. The van der Waals surface area contributed by atoms with E-state index < -0.39 is 17.8 Å². The zero-order valence-corrected chi connectivity index (χ0v) is 13.7. The van der Waals surface area contributed by atoms with Crippen molar-refractivity contribution in [1.29, 1.82) is 0 Å². The molecule has 0 aromatic heterocycles. The Balaban J connectivity index is 2.55. The number of nitrogens with one attached hydrogen (secondary N) is 1. The Bertz CT molecular complexity index is 655. The largest absolute Gasteiger partial charge is 0.466 e. The number of benzene rings is 1. The standard InChI is InChI=1S/C17H21FN2O3/c1-10(2)9-20-11(3)14(16(21)23-4)15(19-17(20)22)12-7-5-6-8-13(12)18/h5-8,10,15H,9H2,1-4H3,(H,19,22). The maximum Gasteiger partial charge on any atom is 0.337 e. The van der Waals surface area contributed by atoms with E-state index in [9.17, 15) is 14.0 Å². The molecule has 6 heteroatoms. The van der Waals surface area contributed by atoms with Gasteiger partial charge in [-0.3, -0.25) is 4.90 Å². The molecule has 1 N–H and O–H groups in total. The summed E-state index contributed by atoms with van der Waals surface area (Å²) < 4.78 is 19.0. The lowest BCUT2D eigenvalue weighted by Gasteiger charge is -2.36. The van der Waals surface area contributed by atoms with Crippen LogP contribution in [0.2, 0.25) is 0 Å². The lowest BCUT2D eigenvalue weighted by atomic mass is 9.94. The van der Waals surface area contributed by atoms with E-state index >= 15 is 0 Å². The van der Waals surface area contributed by atoms with Gasteiger partial charge < -0.3 is 10.1 Å². The van der Waals surface area contributed by atoms with Crippen LogP contribution in [0.5, 0.6) is 0 Å². The highest BCUT2D eigenvalue weighted by Crippen LogP contribution is 2.32. The normalized spacial score (nSPS) is 18.3. The van der Waals surface area contributed by atoms with Crippen molar-refractivity contribution in [3.8, 4) is 0 Å². The van der Waals surface area contributed by atoms with Gasteiger partial charge >= 0.3 is 12.0 Å². The SMILES string of the molecule is COC(=O)C1=C(C)N(CC(C)C)C(=O)NC1c1ccccc1F. The summed E-state index contributed by atoms with van der Waals surface area (Å²) >= 11 is 0. The molecule has 0 spiro atoms. The number of amides is 2. The molecule has 0 saturated heterocycles. The maximum atomic E-state index is 14.1. The van der Waals surface area contributed by atoms with E-state index in [-0.39, 0.29) is 23.1 Å². The first-order valence-corrected chi connectivity index (χ1v) is 7.48. The van der Waals surface area contributed by atoms with Crippen LogP contribution in [0.1, 0.15) is 32.4 Å². The molecular formula is C17H21FN2O3. The van der Waals surface area contributed by atoms with Gasteiger partial charge in [-0.05, 0) is 18.9 Å². The number of hydrogen-bond donors (Lipinski definition) is 1. The summed E-state index contributed by atoms with van der Waals surface area (Å²) in [4.78, 5) is 26.1. The number of halogens is 1. The molecule has 1 heterocycles. The van der Waals surface area contributed by atoms with Crippen LogP contribution in [0.15, 0.2) is 35.5 Å². The first-order valence-electron chi connectivity index (χ1n) is 7.48. The Morgan fingerprint density at radius 2 is 2.04 bits per heavy atom. The van der Waals surface area contributed by atoms with Gasteiger partial charge in [0, 0.05) is 17.8 Å². The van der Waals surface area contributed by atoms with Gasteiger partial charge in [-0.15, -0.1) is 0 Å². The summed E-state index contributed by atoms with van der Waals surface area (Å²) in [6.45, 7) is 6.09. The van der Waals surface area contributed by atoms with Crippen molar-refractivity contribution in [2.24, 2.45) is 5.92 Å². The molecule has 23 heavy (non-hydrogen) atoms. The van der Waals surface area contributed by atoms with E-state index in [0.29, 0.717) is 12.2 Å². The minimum Gasteiger partial charge on any atom is -0.466 e. The fourth-order valence-electron chi connectivity index (χ4n) is 2.68. The van der Waals surface area contributed by atoms with Crippen LogP contribution in [-0.2, 0) is 9.53 Å². The van der Waals surface area contributed by atoms with Crippen molar-refractivity contribution >= 4 is 12.0 Å². The minimum absolute atomic E-state index is 0.222.